The van der Waals surface area contributed by atoms with Crippen LogP contribution < -0.4 is 16.6 Å². The van der Waals surface area contributed by atoms with Gasteiger partial charge in [-0.3, -0.25) is 0 Å². The highest BCUT2D eigenvalue weighted by Gasteiger charge is 2.05. The Balaban J connectivity index is 2.12. The third-order valence-corrected chi connectivity index (χ3v) is 1.08. The van der Waals surface area contributed by atoms with E-state index in [1.165, 1.54) is 0 Å². The van der Waals surface area contributed by atoms with Crippen LogP contribution in [0.5, 0.6) is 0 Å². The zero-order chi connectivity index (χ0) is 5.11. The number of rotatable bonds is 0. The lowest BCUT2D eigenvalue weighted by Gasteiger charge is -2.16. The van der Waals surface area contributed by atoms with Crippen LogP contribution in [0.1, 0.15) is 6.42 Å². The summed E-state index contributed by atoms with van der Waals surface area (Å²) in [6.07, 6.45) is 1.03. The van der Waals surface area contributed by atoms with E-state index in [1.807, 2.05) is 0 Å². The van der Waals surface area contributed by atoms with Crippen LogP contribution >= 0.6 is 0 Å². The molecule has 0 bridgehead atoms. The zero-order valence-corrected chi connectivity index (χ0v) is 4.22. The van der Waals surface area contributed by atoms with Gasteiger partial charge in [-0.15, -0.1) is 0 Å². The lowest BCUT2D eigenvalue weighted by atomic mass is 10.2. The quantitative estimate of drug-likeness (QED) is 0.403. The molecule has 1 rings (SSSR count). The van der Waals surface area contributed by atoms with Crippen molar-refractivity contribution in [3.63, 3.8) is 0 Å². The van der Waals surface area contributed by atoms with Gasteiger partial charge in [-0.2, -0.15) is 5.43 Å². The third kappa shape index (κ3) is 1.43. The molecule has 0 aromatic rings. The molecule has 0 aliphatic carbocycles. The molecule has 0 amide bonds. The SMILES string of the molecule is NC1CC[N]NC1. The van der Waals surface area contributed by atoms with Gasteiger partial charge in [-0.25, -0.2) is 5.43 Å². The van der Waals surface area contributed by atoms with E-state index >= 15 is 0 Å². The summed E-state index contributed by atoms with van der Waals surface area (Å²) < 4.78 is 0. The Morgan fingerprint density at radius 2 is 2.57 bits per heavy atom. The predicted octanol–water partition coefficient (Wildman–Crippen LogP) is -1.17. The van der Waals surface area contributed by atoms with Gasteiger partial charge in [-0.1, -0.05) is 0 Å². The van der Waals surface area contributed by atoms with Gasteiger partial charge in [0.1, 0.15) is 0 Å². The van der Waals surface area contributed by atoms with E-state index in [2.05, 4.69) is 10.9 Å². The van der Waals surface area contributed by atoms with E-state index in [4.69, 9.17) is 5.73 Å². The molecular formula is C4H10N3. The molecule has 1 fully saturated rings. The first-order valence-electron chi connectivity index (χ1n) is 2.54. The lowest BCUT2D eigenvalue weighted by molar-refractivity contribution is 0.391. The second-order valence-corrected chi connectivity index (χ2v) is 1.79. The van der Waals surface area contributed by atoms with E-state index in [0.717, 1.165) is 19.5 Å². The molecule has 1 unspecified atom stereocenters. The van der Waals surface area contributed by atoms with Crippen molar-refractivity contribution in [1.82, 2.24) is 10.9 Å². The van der Waals surface area contributed by atoms with Gasteiger partial charge in [0.25, 0.3) is 0 Å². The molecule has 3 heteroatoms. The first-order valence-corrected chi connectivity index (χ1v) is 2.54. The smallest absolute Gasteiger partial charge is 0.0319 e. The van der Waals surface area contributed by atoms with Crippen LogP contribution in [0.15, 0.2) is 0 Å². The number of hydrogen-bond acceptors (Lipinski definition) is 2. The van der Waals surface area contributed by atoms with Crippen LogP contribution in [0.4, 0.5) is 0 Å². The van der Waals surface area contributed by atoms with Crippen LogP contribution in [0.2, 0.25) is 0 Å². The van der Waals surface area contributed by atoms with Crippen molar-refractivity contribution >= 4 is 0 Å². The maximum atomic E-state index is 5.51. The number of hydrogen-bond donors (Lipinski definition) is 2. The monoisotopic (exact) mass is 100 g/mol. The summed E-state index contributed by atoms with van der Waals surface area (Å²) in [4.78, 5) is 0. The Labute approximate surface area is 43.2 Å². The highest BCUT2D eigenvalue weighted by molar-refractivity contribution is 4.67. The van der Waals surface area contributed by atoms with Crippen molar-refractivity contribution in [1.29, 1.82) is 0 Å². The Morgan fingerprint density at radius 3 is 2.86 bits per heavy atom. The second-order valence-electron chi connectivity index (χ2n) is 1.79. The van der Waals surface area contributed by atoms with Crippen molar-refractivity contribution in [3.05, 3.63) is 0 Å². The minimum Gasteiger partial charge on any atom is -0.326 e. The average Bonchev–Trinajstić information content (AvgIpc) is 1.69. The maximum absolute atomic E-state index is 5.51. The molecule has 0 saturated carbocycles. The van der Waals surface area contributed by atoms with Gasteiger partial charge in [0.2, 0.25) is 0 Å². The minimum atomic E-state index is 0.331. The summed E-state index contributed by atoms with van der Waals surface area (Å²) in [5, 5.41) is 0. The molecule has 1 saturated heterocycles. The summed E-state index contributed by atoms with van der Waals surface area (Å²) in [5.41, 5.74) is 12.2. The second kappa shape index (κ2) is 2.26. The summed E-state index contributed by atoms with van der Waals surface area (Å²) in [7, 11) is 0. The number of nitrogens with two attached hydrogens (primary N) is 1. The summed E-state index contributed by atoms with van der Waals surface area (Å²) in [5.74, 6) is 0. The molecule has 1 aliphatic heterocycles. The number of nitrogens with zero attached hydrogens (tertiary/aromatic N) is 1. The first-order chi connectivity index (χ1) is 3.39. The molecule has 3 nitrogen and oxygen atoms in total. The van der Waals surface area contributed by atoms with Gasteiger partial charge in [0, 0.05) is 19.1 Å². The van der Waals surface area contributed by atoms with E-state index in [0.29, 0.717) is 6.04 Å². The van der Waals surface area contributed by atoms with Crippen molar-refractivity contribution in [2.75, 3.05) is 13.1 Å². The van der Waals surface area contributed by atoms with Gasteiger partial charge < -0.3 is 5.73 Å². The van der Waals surface area contributed by atoms with Crippen LogP contribution in [0.25, 0.3) is 0 Å². The standard InChI is InChI=1S/C4H10N3/c5-4-1-2-6-7-3-4/h4,7H,1-3,5H2. The van der Waals surface area contributed by atoms with Crippen molar-refractivity contribution in [3.8, 4) is 0 Å². The summed E-state index contributed by atoms with van der Waals surface area (Å²) in [6, 6.07) is 0.331. The van der Waals surface area contributed by atoms with Gasteiger partial charge in [-0.05, 0) is 6.42 Å². The fraction of sp³-hybridized carbons (Fsp3) is 1.00. The molecule has 1 aliphatic rings. The van der Waals surface area contributed by atoms with Gasteiger partial charge in [0.15, 0.2) is 0 Å². The van der Waals surface area contributed by atoms with Crippen molar-refractivity contribution in [2.24, 2.45) is 5.73 Å². The zero-order valence-electron chi connectivity index (χ0n) is 4.22. The van der Waals surface area contributed by atoms with E-state index < -0.39 is 0 Å². The van der Waals surface area contributed by atoms with E-state index in [-0.39, 0.29) is 0 Å². The minimum absolute atomic E-state index is 0.331. The van der Waals surface area contributed by atoms with Crippen molar-refractivity contribution < 1.29 is 0 Å². The number of nitrogens with one attached hydrogen (secondary N) is 1. The molecule has 3 N–H and O–H groups in total. The van der Waals surface area contributed by atoms with E-state index in [9.17, 15) is 0 Å². The largest absolute Gasteiger partial charge is 0.326 e. The Hall–Kier alpha value is -0.120. The Bertz CT molecular complexity index is 48.9. The molecule has 0 aromatic heterocycles. The third-order valence-electron chi connectivity index (χ3n) is 1.08. The molecule has 7 heavy (non-hydrogen) atoms. The van der Waals surface area contributed by atoms with Gasteiger partial charge in [0.05, 0.1) is 0 Å². The van der Waals surface area contributed by atoms with Crippen molar-refractivity contribution in [2.45, 2.75) is 12.5 Å². The maximum Gasteiger partial charge on any atom is 0.0319 e. The van der Waals surface area contributed by atoms with Crippen LogP contribution in [0, 0.1) is 0 Å². The fourth-order valence-corrected chi connectivity index (χ4v) is 0.593. The van der Waals surface area contributed by atoms with Crippen LogP contribution in [-0.4, -0.2) is 19.1 Å². The highest BCUT2D eigenvalue weighted by Crippen LogP contribution is 1.87. The molecule has 0 aromatic carbocycles. The molecule has 1 heterocycles. The molecule has 41 valence electrons. The highest BCUT2D eigenvalue weighted by atomic mass is 15.4. The Kier molecular flexibility index (Phi) is 1.62. The molecule has 1 atom stereocenters. The first kappa shape index (κ1) is 5.03. The normalized spacial score (nSPS) is 33.0. The van der Waals surface area contributed by atoms with E-state index in [1.54, 1.807) is 0 Å². The fourth-order valence-electron chi connectivity index (χ4n) is 0.593. The summed E-state index contributed by atoms with van der Waals surface area (Å²) in [6.45, 7) is 1.72. The van der Waals surface area contributed by atoms with Crippen LogP contribution in [0.3, 0.4) is 0 Å². The Morgan fingerprint density at radius 1 is 1.71 bits per heavy atom. The molecule has 1 radical (unpaired) electrons. The topological polar surface area (TPSA) is 52.2 Å². The average molecular weight is 100 g/mol. The molecule has 0 spiro atoms. The molecular weight excluding hydrogens is 90.1 g/mol. The van der Waals surface area contributed by atoms with Gasteiger partial charge >= 0.3 is 0 Å². The summed E-state index contributed by atoms with van der Waals surface area (Å²) >= 11 is 0. The lowest BCUT2D eigenvalue weighted by Crippen LogP contribution is -2.44. The predicted molar refractivity (Wildman–Crippen MR) is 27.6 cm³/mol. The van der Waals surface area contributed by atoms with Crippen LogP contribution in [-0.2, 0) is 0 Å².